The first-order chi connectivity index (χ1) is 8.27. The average molecular weight is 309 g/mol. The van der Waals surface area contributed by atoms with Gasteiger partial charge in [-0.05, 0) is 32.4 Å². The largest absolute Gasteiger partial charge is 0.359 e. The summed E-state index contributed by atoms with van der Waals surface area (Å²) in [5.74, 6) is 0.0108. The maximum absolute atomic E-state index is 11.7. The van der Waals surface area contributed by atoms with Crippen LogP contribution < -0.4 is 10.6 Å². The highest BCUT2D eigenvalue weighted by Gasteiger charge is 2.27. The van der Waals surface area contributed by atoms with Crippen LogP contribution in [-0.4, -0.2) is 19.5 Å². The fraction of sp³-hybridized carbons (Fsp3) is 0.583. The predicted molar refractivity (Wildman–Crippen MR) is 78.6 cm³/mol. The van der Waals surface area contributed by atoms with Crippen molar-refractivity contribution in [2.75, 3.05) is 13.6 Å². The molecule has 0 bridgehead atoms. The highest BCUT2D eigenvalue weighted by Crippen LogP contribution is 2.35. The van der Waals surface area contributed by atoms with Gasteiger partial charge in [0.25, 0.3) is 0 Å². The third-order valence-corrected chi connectivity index (χ3v) is 4.36. The van der Waals surface area contributed by atoms with Crippen LogP contribution in [-0.2, 0) is 4.79 Å². The number of thiophene rings is 1. The first-order valence-electron chi connectivity index (χ1n) is 5.68. The number of hydrogen-bond donors (Lipinski definition) is 2. The molecule has 18 heavy (non-hydrogen) atoms. The van der Waals surface area contributed by atoms with Crippen LogP contribution in [0.4, 0.5) is 0 Å². The Morgan fingerprint density at radius 3 is 2.56 bits per heavy atom. The standard InChI is InChI=1S/C12H18Cl2N2OS/c1-7(8-5-9(13)18-10(8)14)16-6-12(2,3)11(17)15-4/h5,7,16H,6H2,1-4H3,(H,15,17). The van der Waals surface area contributed by atoms with E-state index in [2.05, 4.69) is 10.6 Å². The highest BCUT2D eigenvalue weighted by atomic mass is 35.5. The van der Waals surface area contributed by atoms with Crippen LogP contribution in [0.25, 0.3) is 0 Å². The summed E-state index contributed by atoms with van der Waals surface area (Å²) < 4.78 is 1.37. The molecule has 1 atom stereocenters. The van der Waals surface area contributed by atoms with E-state index in [-0.39, 0.29) is 11.9 Å². The minimum Gasteiger partial charge on any atom is -0.359 e. The Morgan fingerprint density at radius 2 is 2.11 bits per heavy atom. The summed E-state index contributed by atoms with van der Waals surface area (Å²) in [7, 11) is 1.64. The molecular formula is C12H18Cl2N2OS. The predicted octanol–water partition coefficient (Wildman–Crippen LogP) is 3.48. The van der Waals surface area contributed by atoms with Crippen LogP contribution in [0.15, 0.2) is 6.07 Å². The summed E-state index contributed by atoms with van der Waals surface area (Å²) in [6.07, 6.45) is 0. The molecule has 1 aromatic heterocycles. The highest BCUT2D eigenvalue weighted by molar-refractivity contribution is 7.20. The van der Waals surface area contributed by atoms with E-state index in [1.807, 2.05) is 26.8 Å². The van der Waals surface area contributed by atoms with Crippen molar-refractivity contribution < 1.29 is 4.79 Å². The lowest BCUT2D eigenvalue weighted by molar-refractivity contribution is -0.128. The first-order valence-corrected chi connectivity index (χ1v) is 7.25. The van der Waals surface area contributed by atoms with Crippen LogP contribution in [0.5, 0.6) is 0 Å². The van der Waals surface area contributed by atoms with Gasteiger partial charge in [0.2, 0.25) is 5.91 Å². The lowest BCUT2D eigenvalue weighted by Crippen LogP contribution is -2.42. The molecule has 1 rings (SSSR count). The molecule has 3 nitrogen and oxygen atoms in total. The van der Waals surface area contributed by atoms with Crippen molar-refractivity contribution in [1.82, 2.24) is 10.6 Å². The van der Waals surface area contributed by atoms with Crippen LogP contribution in [0.3, 0.4) is 0 Å². The van der Waals surface area contributed by atoms with Gasteiger partial charge in [-0.15, -0.1) is 11.3 Å². The van der Waals surface area contributed by atoms with E-state index in [9.17, 15) is 4.79 Å². The maximum atomic E-state index is 11.7. The van der Waals surface area contributed by atoms with E-state index in [1.54, 1.807) is 7.05 Å². The minimum atomic E-state index is -0.463. The SMILES string of the molecule is CNC(=O)C(C)(C)CNC(C)c1cc(Cl)sc1Cl. The number of nitrogens with one attached hydrogen (secondary N) is 2. The number of rotatable bonds is 5. The van der Waals surface area contributed by atoms with Crippen molar-refractivity contribution in [3.05, 3.63) is 20.3 Å². The maximum Gasteiger partial charge on any atom is 0.226 e. The molecule has 0 saturated heterocycles. The quantitative estimate of drug-likeness (QED) is 0.874. The van der Waals surface area contributed by atoms with E-state index in [4.69, 9.17) is 23.2 Å². The zero-order valence-corrected chi connectivity index (χ0v) is 13.3. The molecule has 0 fully saturated rings. The van der Waals surface area contributed by atoms with Crippen LogP contribution in [0.1, 0.15) is 32.4 Å². The summed E-state index contributed by atoms with van der Waals surface area (Å²) in [6, 6.07) is 1.92. The molecule has 102 valence electrons. The molecule has 0 spiro atoms. The lowest BCUT2D eigenvalue weighted by Gasteiger charge is -2.25. The van der Waals surface area contributed by atoms with Crippen molar-refractivity contribution in [3.63, 3.8) is 0 Å². The Balaban J connectivity index is 2.64. The van der Waals surface area contributed by atoms with Gasteiger partial charge < -0.3 is 10.6 Å². The molecule has 6 heteroatoms. The van der Waals surface area contributed by atoms with E-state index in [0.29, 0.717) is 15.2 Å². The Morgan fingerprint density at radius 1 is 1.50 bits per heavy atom. The van der Waals surface area contributed by atoms with Crippen molar-refractivity contribution in [2.24, 2.45) is 5.41 Å². The first kappa shape index (κ1) is 15.8. The van der Waals surface area contributed by atoms with Crippen LogP contribution in [0, 0.1) is 5.41 Å². The van der Waals surface area contributed by atoms with Crippen molar-refractivity contribution in [2.45, 2.75) is 26.8 Å². The Hall–Kier alpha value is -0.290. The smallest absolute Gasteiger partial charge is 0.226 e. The van der Waals surface area contributed by atoms with Gasteiger partial charge in [0.15, 0.2) is 0 Å². The van der Waals surface area contributed by atoms with Gasteiger partial charge in [-0.1, -0.05) is 23.2 Å². The third kappa shape index (κ3) is 3.85. The Labute approximate surface area is 122 Å². The molecule has 0 radical (unpaired) electrons. The van der Waals surface area contributed by atoms with Gasteiger partial charge in [0.1, 0.15) is 0 Å². The monoisotopic (exact) mass is 308 g/mol. The lowest BCUT2D eigenvalue weighted by atomic mass is 9.92. The van der Waals surface area contributed by atoms with E-state index >= 15 is 0 Å². The number of carbonyl (C=O) groups excluding carboxylic acids is 1. The molecule has 1 unspecified atom stereocenters. The minimum absolute atomic E-state index is 0.0108. The van der Waals surface area contributed by atoms with Gasteiger partial charge >= 0.3 is 0 Å². The second kappa shape index (κ2) is 6.24. The topological polar surface area (TPSA) is 41.1 Å². The molecule has 0 aliphatic heterocycles. The molecule has 1 aromatic rings. The molecule has 0 saturated carbocycles. The van der Waals surface area contributed by atoms with Gasteiger partial charge in [0.05, 0.1) is 14.1 Å². The summed E-state index contributed by atoms with van der Waals surface area (Å²) >= 11 is 13.4. The second-order valence-electron chi connectivity index (χ2n) is 4.85. The van der Waals surface area contributed by atoms with Crippen LogP contribution >= 0.6 is 34.5 Å². The average Bonchev–Trinajstić information content (AvgIpc) is 2.64. The summed E-state index contributed by atoms with van der Waals surface area (Å²) in [6.45, 7) is 6.36. The van der Waals surface area contributed by atoms with Crippen molar-refractivity contribution in [3.8, 4) is 0 Å². The number of halogens is 2. The molecule has 0 aromatic carbocycles. The zero-order chi connectivity index (χ0) is 13.9. The third-order valence-electron chi connectivity index (χ3n) is 2.84. The van der Waals surface area contributed by atoms with Crippen molar-refractivity contribution >= 4 is 40.4 Å². The van der Waals surface area contributed by atoms with E-state index in [0.717, 1.165) is 5.56 Å². The second-order valence-corrected chi connectivity index (χ2v) is 7.13. The van der Waals surface area contributed by atoms with Gasteiger partial charge in [0, 0.05) is 19.6 Å². The number of hydrogen-bond acceptors (Lipinski definition) is 3. The Bertz CT molecular complexity index is 432. The van der Waals surface area contributed by atoms with Crippen LogP contribution in [0.2, 0.25) is 8.67 Å². The molecular weight excluding hydrogens is 291 g/mol. The number of amides is 1. The molecule has 0 aliphatic carbocycles. The molecule has 1 amide bonds. The summed E-state index contributed by atoms with van der Waals surface area (Å²) in [5.41, 5.74) is 0.509. The van der Waals surface area contributed by atoms with Gasteiger partial charge in [-0.2, -0.15) is 0 Å². The van der Waals surface area contributed by atoms with Crippen molar-refractivity contribution in [1.29, 1.82) is 0 Å². The zero-order valence-electron chi connectivity index (χ0n) is 10.9. The molecule has 2 N–H and O–H groups in total. The molecule has 0 aliphatic rings. The van der Waals surface area contributed by atoms with Gasteiger partial charge in [-0.3, -0.25) is 4.79 Å². The van der Waals surface area contributed by atoms with E-state index < -0.39 is 5.41 Å². The molecule has 1 heterocycles. The van der Waals surface area contributed by atoms with E-state index in [1.165, 1.54) is 11.3 Å². The number of carbonyl (C=O) groups is 1. The Kier molecular flexibility index (Phi) is 5.46. The fourth-order valence-corrected chi connectivity index (χ4v) is 3.23. The fourth-order valence-electron chi connectivity index (χ4n) is 1.59. The van der Waals surface area contributed by atoms with Gasteiger partial charge in [-0.25, -0.2) is 0 Å². The summed E-state index contributed by atoms with van der Waals surface area (Å²) in [5, 5.41) is 5.97. The summed E-state index contributed by atoms with van der Waals surface area (Å²) in [4.78, 5) is 11.7. The normalized spacial score (nSPS) is 13.4.